The molecule has 0 radical (unpaired) electrons. The molecule has 0 heterocycles. The molecule has 0 fully saturated rings. The topological polar surface area (TPSA) is 29.5 Å². The van der Waals surface area contributed by atoms with Crippen LogP contribution in [0, 0.1) is 0 Å². The quantitative estimate of drug-likeness (QED) is 0.881. The number of halogens is 3. The zero-order valence-electron chi connectivity index (χ0n) is 10.00. The molecule has 5 heteroatoms. The molecule has 100 valence electrons. The first-order valence-electron chi connectivity index (χ1n) is 5.34. The average Bonchev–Trinajstić information content (AvgIpc) is 2.28. The summed E-state index contributed by atoms with van der Waals surface area (Å²) in [6.45, 7) is 3.51. The third-order valence-corrected chi connectivity index (χ3v) is 2.48. The molecule has 1 aromatic rings. The zero-order chi connectivity index (χ0) is 13.8. The van der Waals surface area contributed by atoms with Crippen LogP contribution in [0.5, 0.6) is 0 Å². The van der Waals surface area contributed by atoms with Gasteiger partial charge in [0.15, 0.2) is 5.60 Å². The van der Waals surface area contributed by atoms with Gasteiger partial charge in [-0.25, -0.2) is 0 Å². The standard InChI is InChI=1S/C13H15F3O2/c1-3-10-4-6-11(7-5-10)8-18-9-12(2,17)13(14,15)16/h3-7,17H,1,8-9H2,2H3. The third kappa shape index (κ3) is 3.85. The van der Waals surface area contributed by atoms with Gasteiger partial charge < -0.3 is 9.84 Å². The summed E-state index contributed by atoms with van der Waals surface area (Å²) in [7, 11) is 0. The maximum absolute atomic E-state index is 12.3. The Morgan fingerprint density at radius 2 is 1.83 bits per heavy atom. The van der Waals surface area contributed by atoms with Crippen LogP contribution >= 0.6 is 0 Å². The fraction of sp³-hybridized carbons (Fsp3) is 0.385. The van der Waals surface area contributed by atoms with Gasteiger partial charge in [0.25, 0.3) is 0 Å². The number of hydrogen-bond donors (Lipinski definition) is 1. The molecule has 0 bridgehead atoms. The number of aliphatic hydroxyl groups is 1. The highest BCUT2D eigenvalue weighted by molar-refractivity contribution is 5.47. The molecule has 0 aliphatic carbocycles. The summed E-state index contributed by atoms with van der Waals surface area (Å²) in [5.74, 6) is 0. The van der Waals surface area contributed by atoms with Gasteiger partial charge in [0.1, 0.15) is 0 Å². The summed E-state index contributed by atoms with van der Waals surface area (Å²) in [4.78, 5) is 0. The Bertz CT molecular complexity index is 394. The van der Waals surface area contributed by atoms with Crippen LogP contribution in [-0.2, 0) is 11.3 Å². The van der Waals surface area contributed by atoms with Crippen molar-refractivity contribution in [1.29, 1.82) is 0 Å². The molecule has 2 nitrogen and oxygen atoms in total. The molecule has 0 aromatic heterocycles. The van der Waals surface area contributed by atoms with Crippen molar-refractivity contribution in [3.63, 3.8) is 0 Å². The van der Waals surface area contributed by atoms with Crippen LogP contribution in [-0.4, -0.2) is 23.5 Å². The Hall–Kier alpha value is -1.33. The van der Waals surface area contributed by atoms with E-state index in [4.69, 9.17) is 9.84 Å². The first kappa shape index (κ1) is 14.7. The lowest BCUT2D eigenvalue weighted by Gasteiger charge is -2.25. The second kappa shape index (κ2) is 5.54. The van der Waals surface area contributed by atoms with E-state index in [9.17, 15) is 13.2 Å². The van der Waals surface area contributed by atoms with Crippen molar-refractivity contribution in [2.75, 3.05) is 6.61 Å². The molecule has 18 heavy (non-hydrogen) atoms. The Morgan fingerprint density at radius 1 is 1.28 bits per heavy atom. The SMILES string of the molecule is C=Cc1ccc(COCC(C)(O)C(F)(F)F)cc1. The Balaban J connectivity index is 2.48. The van der Waals surface area contributed by atoms with Gasteiger partial charge in [0.05, 0.1) is 13.2 Å². The maximum atomic E-state index is 12.3. The third-order valence-electron chi connectivity index (χ3n) is 2.48. The molecular formula is C13H15F3O2. The fourth-order valence-electron chi connectivity index (χ4n) is 1.20. The van der Waals surface area contributed by atoms with Crippen molar-refractivity contribution in [2.45, 2.75) is 25.3 Å². The van der Waals surface area contributed by atoms with Crippen molar-refractivity contribution < 1.29 is 23.0 Å². The molecule has 1 atom stereocenters. The maximum Gasteiger partial charge on any atom is 0.419 e. The number of benzene rings is 1. The fourth-order valence-corrected chi connectivity index (χ4v) is 1.20. The molecule has 0 aliphatic rings. The van der Waals surface area contributed by atoms with E-state index in [1.807, 2.05) is 0 Å². The van der Waals surface area contributed by atoms with Crippen LogP contribution in [0.3, 0.4) is 0 Å². The van der Waals surface area contributed by atoms with E-state index >= 15 is 0 Å². The van der Waals surface area contributed by atoms with Gasteiger partial charge in [-0.05, 0) is 18.1 Å². The zero-order valence-corrected chi connectivity index (χ0v) is 10.00. The molecule has 1 N–H and O–H groups in total. The molecule has 1 unspecified atom stereocenters. The Kier molecular flexibility index (Phi) is 4.53. The molecule has 0 aliphatic heterocycles. The highest BCUT2D eigenvalue weighted by atomic mass is 19.4. The van der Waals surface area contributed by atoms with E-state index in [0.29, 0.717) is 6.92 Å². The van der Waals surface area contributed by atoms with E-state index in [1.165, 1.54) is 0 Å². The largest absolute Gasteiger partial charge is 0.419 e. The number of rotatable bonds is 5. The molecule has 0 saturated carbocycles. The van der Waals surface area contributed by atoms with Crippen molar-refractivity contribution in [1.82, 2.24) is 0 Å². The van der Waals surface area contributed by atoms with Crippen molar-refractivity contribution in [3.05, 3.63) is 42.0 Å². The lowest BCUT2D eigenvalue weighted by Crippen LogP contribution is -2.46. The Labute approximate surface area is 104 Å². The molecule has 0 amide bonds. The van der Waals surface area contributed by atoms with E-state index in [-0.39, 0.29) is 6.61 Å². The molecule has 0 spiro atoms. The summed E-state index contributed by atoms with van der Waals surface area (Å²) in [5.41, 5.74) is -1.17. The minimum absolute atomic E-state index is 0.0175. The van der Waals surface area contributed by atoms with Gasteiger partial charge in [-0.1, -0.05) is 36.9 Å². The van der Waals surface area contributed by atoms with Gasteiger partial charge in [-0.15, -0.1) is 0 Å². The van der Waals surface area contributed by atoms with Gasteiger partial charge in [0, 0.05) is 0 Å². The molecular weight excluding hydrogens is 245 g/mol. The lowest BCUT2D eigenvalue weighted by molar-refractivity contribution is -0.268. The van der Waals surface area contributed by atoms with E-state index in [1.54, 1.807) is 30.3 Å². The monoisotopic (exact) mass is 260 g/mol. The van der Waals surface area contributed by atoms with Crippen LogP contribution in [0.25, 0.3) is 6.08 Å². The number of hydrogen-bond acceptors (Lipinski definition) is 2. The predicted octanol–water partition coefficient (Wildman–Crippen LogP) is 3.16. The number of alkyl halides is 3. The number of ether oxygens (including phenoxy) is 1. The van der Waals surface area contributed by atoms with Crippen molar-refractivity contribution in [3.8, 4) is 0 Å². The van der Waals surface area contributed by atoms with Crippen LogP contribution in [0.4, 0.5) is 13.2 Å². The van der Waals surface area contributed by atoms with Gasteiger partial charge in [0.2, 0.25) is 0 Å². The van der Waals surface area contributed by atoms with Crippen LogP contribution in [0.2, 0.25) is 0 Å². The van der Waals surface area contributed by atoms with E-state index in [0.717, 1.165) is 11.1 Å². The smallest absolute Gasteiger partial charge is 0.379 e. The van der Waals surface area contributed by atoms with Gasteiger partial charge in [-0.3, -0.25) is 0 Å². The average molecular weight is 260 g/mol. The molecule has 1 rings (SSSR count). The van der Waals surface area contributed by atoms with Crippen molar-refractivity contribution in [2.24, 2.45) is 0 Å². The first-order valence-corrected chi connectivity index (χ1v) is 5.34. The van der Waals surface area contributed by atoms with E-state index < -0.39 is 18.4 Å². The minimum atomic E-state index is -4.69. The summed E-state index contributed by atoms with van der Waals surface area (Å²) in [6.07, 6.45) is -3.03. The normalized spacial score (nSPS) is 15.2. The van der Waals surface area contributed by atoms with E-state index in [2.05, 4.69) is 6.58 Å². The minimum Gasteiger partial charge on any atom is -0.379 e. The van der Waals surface area contributed by atoms with Gasteiger partial charge in [-0.2, -0.15) is 13.2 Å². The van der Waals surface area contributed by atoms with Crippen molar-refractivity contribution >= 4 is 6.08 Å². The van der Waals surface area contributed by atoms with Gasteiger partial charge >= 0.3 is 6.18 Å². The van der Waals surface area contributed by atoms with Crippen LogP contribution < -0.4 is 0 Å². The van der Waals surface area contributed by atoms with Crippen LogP contribution in [0.1, 0.15) is 18.1 Å². The summed E-state index contributed by atoms with van der Waals surface area (Å²) >= 11 is 0. The Morgan fingerprint density at radius 3 is 2.28 bits per heavy atom. The van der Waals surface area contributed by atoms with Crippen LogP contribution in [0.15, 0.2) is 30.8 Å². The summed E-state index contributed by atoms with van der Waals surface area (Å²) in [6, 6.07) is 7.04. The highest BCUT2D eigenvalue weighted by Crippen LogP contribution is 2.30. The highest BCUT2D eigenvalue weighted by Gasteiger charge is 2.50. The second-order valence-electron chi connectivity index (χ2n) is 4.21. The lowest BCUT2D eigenvalue weighted by atomic mass is 10.1. The molecule has 1 aromatic carbocycles. The first-order chi connectivity index (χ1) is 8.26. The second-order valence-corrected chi connectivity index (χ2v) is 4.21. The molecule has 0 saturated heterocycles. The summed E-state index contributed by atoms with van der Waals surface area (Å²) < 4.78 is 41.8. The summed E-state index contributed by atoms with van der Waals surface area (Å²) in [5, 5.41) is 9.15. The predicted molar refractivity (Wildman–Crippen MR) is 62.9 cm³/mol.